The molecule has 1 aromatic heterocycles. The first-order chi connectivity index (χ1) is 8.45. The van der Waals surface area contributed by atoms with Crippen molar-refractivity contribution in [3.8, 4) is 0 Å². The van der Waals surface area contributed by atoms with Gasteiger partial charge in [-0.3, -0.25) is 4.79 Å². The van der Waals surface area contributed by atoms with Gasteiger partial charge in [-0.05, 0) is 25.8 Å². The molecule has 1 heterocycles. The zero-order chi connectivity index (χ0) is 13.7. The van der Waals surface area contributed by atoms with Crippen LogP contribution in [0.3, 0.4) is 0 Å². The van der Waals surface area contributed by atoms with Crippen LogP contribution >= 0.6 is 0 Å². The molecular weight excluding hydrogens is 230 g/mol. The van der Waals surface area contributed by atoms with Crippen LogP contribution in [0.4, 0.5) is 0 Å². The number of nitrogens with zero attached hydrogens (tertiary/aromatic N) is 1. The molecule has 0 aliphatic rings. The van der Waals surface area contributed by atoms with E-state index in [0.29, 0.717) is 30.4 Å². The molecule has 0 radical (unpaired) electrons. The van der Waals surface area contributed by atoms with Gasteiger partial charge in [0, 0.05) is 20.2 Å². The number of ether oxygens (including phenoxy) is 1. The predicted octanol–water partition coefficient (Wildman–Crippen LogP) is 2.64. The Balaban J connectivity index is 2.83. The lowest BCUT2D eigenvalue weighted by Gasteiger charge is -2.24. The highest BCUT2D eigenvalue weighted by Gasteiger charge is 2.20. The van der Waals surface area contributed by atoms with E-state index in [0.717, 1.165) is 12.3 Å². The molecule has 0 saturated carbocycles. The molecule has 0 aromatic carbocycles. The molecule has 4 nitrogen and oxygen atoms in total. The van der Waals surface area contributed by atoms with Crippen LogP contribution in [0.2, 0.25) is 0 Å². The SMILES string of the molecule is COCCN(CC(C)C)C(=O)c1cc(C)oc1C. The fourth-order valence-corrected chi connectivity index (χ4v) is 1.93. The number of amides is 1. The Morgan fingerprint density at radius 2 is 2.11 bits per heavy atom. The summed E-state index contributed by atoms with van der Waals surface area (Å²) in [6.45, 7) is 9.76. The van der Waals surface area contributed by atoms with Crippen molar-refractivity contribution in [1.29, 1.82) is 0 Å². The van der Waals surface area contributed by atoms with E-state index < -0.39 is 0 Å². The Morgan fingerprint density at radius 1 is 1.44 bits per heavy atom. The summed E-state index contributed by atoms with van der Waals surface area (Å²) in [5, 5.41) is 0. The highest BCUT2D eigenvalue weighted by molar-refractivity contribution is 5.95. The van der Waals surface area contributed by atoms with Gasteiger partial charge in [0.1, 0.15) is 11.5 Å². The zero-order valence-electron chi connectivity index (χ0n) is 11.9. The minimum absolute atomic E-state index is 0.0232. The molecule has 0 aliphatic heterocycles. The number of rotatable bonds is 6. The lowest BCUT2D eigenvalue weighted by atomic mass is 10.1. The summed E-state index contributed by atoms with van der Waals surface area (Å²) < 4.78 is 10.5. The number of hydrogen-bond acceptors (Lipinski definition) is 3. The summed E-state index contributed by atoms with van der Waals surface area (Å²) in [4.78, 5) is 14.3. The molecule has 0 saturated heterocycles. The second-order valence-corrected chi connectivity index (χ2v) is 4.96. The quantitative estimate of drug-likeness (QED) is 0.782. The summed E-state index contributed by atoms with van der Waals surface area (Å²) in [5.41, 5.74) is 0.657. The van der Waals surface area contributed by atoms with E-state index in [9.17, 15) is 4.79 Å². The van der Waals surface area contributed by atoms with Crippen LogP contribution in [0.1, 0.15) is 35.7 Å². The van der Waals surface area contributed by atoms with Crippen LogP contribution in [0.15, 0.2) is 10.5 Å². The van der Waals surface area contributed by atoms with E-state index in [1.165, 1.54) is 0 Å². The van der Waals surface area contributed by atoms with E-state index in [2.05, 4.69) is 13.8 Å². The first-order valence-corrected chi connectivity index (χ1v) is 6.31. The van der Waals surface area contributed by atoms with Crippen molar-refractivity contribution < 1.29 is 13.9 Å². The molecular formula is C14H23NO3. The molecule has 0 aliphatic carbocycles. The van der Waals surface area contributed by atoms with Crippen LogP contribution in [0, 0.1) is 19.8 Å². The largest absolute Gasteiger partial charge is 0.466 e. The van der Waals surface area contributed by atoms with E-state index in [-0.39, 0.29) is 5.91 Å². The summed E-state index contributed by atoms with van der Waals surface area (Å²) >= 11 is 0. The van der Waals surface area contributed by atoms with Gasteiger partial charge in [0.15, 0.2) is 0 Å². The molecule has 1 amide bonds. The molecule has 4 heteroatoms. The van der Waals surface area contributed by atoms with Gasteiger partial charge in [0.25, 0.3) is 5.91 Å². The van der Waals surface area contributed by atoms with Gasteiger partial charge in [-0.2, -0.15) is 0 Å². The highest BCUT2D eigenvalue weighted by atomic mass is 16.5. The van der Waals surface area contributed by atoms with Crippen molar-refractivity contribution in [3.05, 3.63) is 23.2 Å². The normalized spacial score (nSPS) is 11.0. The van der Waals surface area contributed by atoms with Gasteiger partial charge in [-0.1, -0.05) is 13.8 Å². The molecule has 0 spiro atoms. The second-order valence-electron chi connectivity index (χ2n) is 4.96. The van der Waals surface area contributed by atoms with Gasteiger partial charge in [0.05, 0.1) is 12.2 Å². The summed E-state index contributed by atoms with van der Waals surface area (Å²) in [6, 6.07) is 1.80. The van der Waals surface area contributed by atoms with Gasteiger partial charge >= 0.3 is 0 Å². The predicted molar refractivity (Wildman–Crippen MR) is 70.8 cm³/mol. The number of aryl methyl sites for hydroxylation is 2. The third-order valence-electron chi connectivity index (χ3n) is 2.71. The fourth-order valence-electron chi connectivity index (χ4n) is 1.93. The monoisotopic (exact) mass is 253 g/mol. The van der Waals surface area contributed by atoms with Crippen LogP contribution in [-0.2, 0) is 4.74 Å². The molecule has 0 unspecified atom stereocenters. The van der Waals surface area contributed by atoms with Crippen molar-refractivity contribution in [3.63, 3.8) is 0 Å². The van der Waals surface area contributed by atoms with Crippen LogP contribution < -0.4 is 0 Å². The lowest BCUT2D eigenvalue weighted by Crippen LogP contribution is -2.36. The maximum atomic E-state index is 12.4. The average Bonchev–Trinajstić information content (AvgIpc) is 2.62. The molecule has 0 atom stereocenters. The minimum Gasteiger partial charge on any atom is -0.466 e. The van der Waals surface area contributed by atoms with Crippen molar-refractivity contribution in [2.24, 2.45) is 5.92 Å². The third kappa shape index (κ3) is 3.88. The van der Waals surface area contributed by atoms with Gasteiger partial charge in [-0.25, -0.2) is 0 Å². The molecule has 1 aromatic rings. The minimum atomic E-state index is 0.0232. The van der Waals surface area contributed by atoms with Crippen LogP contribution in [0.25, 0.3) is 0 Å². The Labute approximate surface area is 109 Å². The van der Waals surface area contributed by atoms with Gasteiger partial charge < -0.3 is 14.1 Å². The Morgan fingerprint density at radius 3 is 2.56 bits per heavy atom. The Hall–Kier alpha value is -1.29. The van der Waals surface area contributed by atoms with Gasteiger partial charge in [0.2, 0.25) is 0 Å². The van der Waals surface area contributed by atoms with Crippen molar-refractivity contribution in [1.82, 2.24) is 4.90 Å². The third-order valence-corrected chi connectivity index (χ3v) is 2.71. The summed E-state index contributed by atoms with van der Waals surface area (Å²) in [5.74, 6) is 1.91. The number of methoxy groups -OCH3 is 1. The Bertz CT molecular complexity index is 396. The summed E-state index contributed by atoms with van der Waals surface area (Å²) in [7, 11) is 1.64. The number of furan rings is 1. The maximum Gasteiger partial charge on any atom is 0.257 e. The smallest absolute Gasteiger partial charge is 0.257 e. The van der Waals surface area contributed by atoms with Crippen LogP contribution in [-0.4, -0.2) is 37.6 Å². The molecule has 18 heavy (non-hydrogen) atoms. The number of carbonyl (C=O) groups excluding carboxylic acids is 1. The van der Waals surface area contributed by atoms with Crippen LogP contribution in [0.5, 0.6) is 0 Å². The first-order valence-electron chi connectivity index (χ1n) is 6.31. The first kappa shape index (κ1) is 14.8. The molecule has 0 bridgehead atoms. The van der Waals surface area contributed by atoms with E-state index in [4.69, 9.17) is 9.15 Å². The summed E-state index contributed by atoms with van der Waals surface area (Å²) in [6.07, 6.45) is 0. The Kier molecular flexibility index (Phi) is 5.41. The lowest BCUT2D eigenvalue weighted by molar-refractivity contribution is 0.0670. The molecule has 0 N–H and O–H groups in total. The standard InChI is InChI=1S/C14H23NO3/c1-10(2)9-15(6-7-17-5)14(16)13-8-11(3)18-12(13)4/h8,10H,6-7,9H2,1-5H3. The van der Waals surface area contributed by atoms with E-state index in [1.54, 1.807) is 13.2 Å². The van der Waals surface area contributed by atoms with Crippen molar-refractivity contribution in [2.75, 3.05) is 26.8 Å². The number of hydrogen-bond donors (Lipinski definition) is 0. The highest BCUT2D eigenvalue weighted by Crippen LogP contribution is 2.16. The second kappa shape index (κ2) is 6.59. The zero-order valence-corrected chi connectivity index (χ0v) is 11.9. The van der Waals surface area contributed by atoms with Crippen molar-refractivity contribution in [2.45, 2.75) is 27.7 Å². The topological polar surface area (TPSA) is 42.7 Å². The fraction of sp³-hybridized carbons (Fsp3) is 0.643. The van der Waals surface area contributed by atoms with E-state index in [1.807, 2.05) is 18.7 Å². The molecule has 1 rings (SSSR count). The van der Waals surface area contributed by atoms with E-state index >= 15 is 0 Å². The molecule has 0 fully saturated rings. The number of carbonyl (C=O) groups is 1. The average molecular weight is 253 g/mol. The molecule has 102 valence electrons. The van der Waals surface area contributed by atoms with Crippen molar-refractivity contribution >= 4 is 5.91 Å². The van der Waals surface area contributed by atoms with Gasteiger partial charge in [-0.15, -0.1) is 0 Å². The maximum absolute atomic E-state index is 12.4.